The van der Waals surface area contributed by atoms with E-state index in [9.17, 15) is 8.78 Å². The topological polar surface area (TPSA) is 39.8 Å². The van der Waals surface area contributed by atoms with Crippen LogP contribution in [-0.4, -0.2) is 87.0 Å². The molecule has 3 unspecified atom stereocenters. The van der Waals surface area contributed by atoms with Gasteiger partial charge in [-0.2, -0.15) is 0 Å². The van der Waals surface area contributed by atoms with Crippen LogP contribution in [0.4, 0.5) is 8.78 Å². The van der Waals surface area contributed by atoms with Gasteiger partial charge in [0.2, 0.25) is 0 Å². The van der Waals surface area contributed by atoms with Gasteiger partial charge >= 0.3 is 0 Å². The number of nitrogens with zero attached hydrogens (tertiary/aromatic N) is 2. The maximum atomic E-state index is 14.1. The molecule has 0 spiro atoms. The van der Waals surface area contributed by atoms with Gasteiger partial charge in [0.25, 0.3) is 0 Å². The molecule has 0 amide bonds. The van der Waals surface area contributed by atoms with Crippen LogP contribution in [0.2, 0.25) is 0 Å². The monoisotopic (exact) mass is 552 g/mol. The SMILES string of the molecule is CC1(NCCN2CCOCC2)C=CC(CNCCN2CC3(C)CC=C(F)C=C3CC2Cc2ccc(F)cc2)=CC1. The number of rotatable bonds is 11. The van der Waals surface area contributed by atoms with Crippen LogP contribution in [0.3, 0.4) is 0 Å². The predicted octanol–water partition coefficient (Wildman–Crippen LogP) is 4.79. The van der Waals surface area contributed by atoms with Gasteiger partial charge in [-0.15, -0.1) is 0 Å². The van der Waals surface area contributed by atoms with Crippen molar-refractivity contribution in [3.63, 3.8) is 0 Å². The van der Waals surface area contributed by atoms with Crippen LogP contribution in [0.5, 0.6) is 0 Å². The second-order valence-corrected chi connectivity index (χ2v) is 12.5. The number of nitrogens with one attached hydrogen (secondary N) is 2. The highest BCUT2D eigenvalue weighted by atomic mass is 19.1. The molecule has 4 aliphatic rings. The minimum Gasteiger partial charge on any atom is -0.379 e. The Labute approximate surface area is 239 Å². The highest BCUT2D eigenvalue weighted by Gasteiger charge is 2.40. The summed E-state index contributed by atoms with van der Waals surface area (Å²) in [5.74, 6) is -0.321. The van der Waals surface area contributed by atoms with E-state index in [-0.39, 0.29) is 28.6 Å². The quantitative estimate of drug-likeness (QED) is 0.387. The number of piperidine rings is 1. The van der Waals surface area contributed by atoms with E-state index >= 15 is 0 Å². The zero-order valence-corrected chi connectivity index (χ0v) is 24.2. The van der Waals surface area contributed by atoms with Crippen molar-refractivity contribution in [3.8, 4) is 0 Å². The molecule has 3 atom stereocenters. The van der Waals surface area contributed by atoms with Gasteiger partial charge in [-0.3, -0.25) is 9.80 Å². The number of morpholine rings is 1. The molecule has 5 nitrogen and oxygen atoms in total. The molecule has 218 valence electrons. The van der Waals surface area contributed by atoms with Crippen molar-refractivity contribution < 1.29 is 13.5 Å². The zero-order chi connectivity index (χ0) is 28.0. The molecule has 2 aliphatic carbocycles. The number of ether oxygens (including phenoxy) is 1. The number of fused-ring (bicyclic) bond motifs is 1. The Morgan fingerprint density at radius 2 is 1.80 bits per heavy atom. The maximum Gasteiger partial charge on any atom is 0.123 e. The van der Waals surface area contributed by atoms with Crippen molar-refractivity contribution in [3.05, 3.63) is 83.0 Å². The van der Waals surface area contributed by atoms with E-state index in [1.165, 1.54) is 23.3 Å². The number of hydrogen-bond donors (Lipinski definition) is 2. The molecule has 0 radical (unpaired) electrons. The Hall–Kier alpha value is -2.16. The fraction of sp³-hybridized carbons (Fsp3) is 0.576. The van der Waals surface area contributed by atoms with Gasteiger partial charge < -0.3 is 15.4 Å². The van der Waals surface area contributed by atoms with Crippen LogP contribution in [-0.2, 0) is 11.2 Å². The smallest absolute Gasteiger partial charge is 0.123 e. The number of hydrogen-bond acceptors (Lipinski definition) is 5. The van der Waals surface area contributed by atoms with Crippen molar-refractivity contribution in [1.29, 1.82) is 0 Å². The molecule has 2 heterocycles. The van der Waals surface area contributed by atoms with E-state index in [0.29, 0.717) is 0 Å². The molecule has 0 aromatic heterocycles. The lowest BCUT2D eigenvalue weighted by Crippen LogP contribution is -2.52. The molecule has 1 aromatic rings. The molecule has 5 rings (SSSR count). The molecule has 0 bridgehead atoms. The van der Waals surface area contributed by atoms with Crippen LogP contribution in [0.25, 0.3) is 0 Å². The minimum atomic E-state index is -0.210. The molecule has 2 fully saturated rings. The standard InChI is InChI=1S/C33H46F2N4O/c1-32-10-9-30(35)22-28(32)23-31(21-26-3-5-29(34)6-4-26)39(25-32)16-13-36-24-27-7-11-33(2,12-8-27)37-14-15-38-17-19-40-20-18-38/h3-9,11,22,31,36-37H,10,12-21,23-25H2,1-2H3. The summed E-state index contributed by atoms with van der Waals surface area (Å²) in [6.45, 7) is 13.9. The molecule has 2 aliphatic heterocycles. The fourth-order valence-corrected chi connectivity index (χ4v) is 6.45. The van der Waals surface area contributed by atoms with E-state index in [2.05, 4.69) is 52.5 Å². The number of benzene rings is 1. The third-order valence-corrected chi connectivity index (χ3v) is 9.16. The van der Waals surface area contributed by atoms with Crippen molar-refractivity contribution in [1.82, 2.24) is 20.4 Å². The second kappa shape index (κ2) is 13.2. The first-order valence-electron chi connectivity index (χ1n) is 15.0. The molecule has 7 heteroatoms. The van der Waals surface area contributed by atoms with E-state index in [1.54, 1.807) is 12.2 Å². The van der Waals surface area contributed by atoms with Crippen molar-refractivity contribution in [2.75, 3.05) is 65.6 Å². The van der Waals surface area contributed by atoms with Gasteiger partial charge in [-0.1, -0.05) is 42.9 Å². The largest absolute Gasteiger partial charge is 0.379 e. The summed E-state index contributed by atoms with van der Waals surface area (Å²) in [5.41, 5.74) is 3.65. The fourth-order valence-electron chi connectivity index (χ4n) is 6.45. The summed E-state index contributed by atoms with van der Waals surface area (Å²) < 4.78 is 33.1. The van der Waals surface area contributed by atoms with Gasteiger partial charge in [0.1, 0.15) is 11.6 Å². The highest BCUT2D eigenvalue weighted by molar-refractivity contribution is 5.33. The predicted molar refractivity (Wildman–Crippen MR) is 158 cm³/mol. The molecule has 40 heavy (non-hydrogen) atoms. The first-order valence-corrected chi connectivity index (χ1v) is 15.0. The van der Waals surface area contributed by atoms with E-state index in [4.69, 9.17) is 4.74 Å². The van der Waals surface area contributed by atoms with Crippen LogP contribution in [0, 0.1) is 11.2 Å². The number of halogens is 2. The van der Waals surface area contributed by atoms with Crippen LogP contribution < -0.4 is 10.6 Å². The Kier molecular flexibility index (Phi) is 9.69. The third-order valence-electron chi connectivity index (χ3n) is 9.16. The Bertz CT molecular complexity index is 1120. The van der Waals surface area contributed by atoms with Crippen molar-refractivity contribution in [2.45, 2.75) is 51.1 Å². The summed E-state index contributed by atoms with van der Waals surface area (Å²) in [6.07, 6.45) is 13.8. The molecular weight excluding hydrogens is 506 g/mol. The second-order valence-electron chi connectivity index (χ2n) is 12.5. The summed E-state index contributed by atoms with van der Waals surface area (Å²) >= 11 is 0. The summed E-state index contributed by atoms with van der Waals surface area (Å²) in [4.78, 5) is 5.02. The molecule has 2 saturated heterocycles. The molecule has 1 aromatic carbocycles. The Morgan fingerprint density at radius 1 is 1.00 bits per heavy atom. The lowest BCUT2D eigenvalue weighted by atomic mass is 9.70. The van der Waals surface area contributed by atoms with Crippen molar-refractivity contribution >= 4 is 0 Å². The van der Waals surface area contributed by atoms with E-state index in [0.717, 1.165) is 96.8 Å². The van der Waals surface area contributed by atoms with Crippen molar-refractivity contribution in [2.24, 2.45) is 5.41 Å². The number of allylic oxidation sites excluding steroid dienone is 3. The zero-order valence-electron chi connectivity index (χ0n) is 24.2. The van der Waals surface area contributed by atoms with Gasteiger partial charge in [-0.05, 0) is 68.0 Å². The highest BCUT2D eigenvalue weighted by Crippen LogP contribution is 2.44. The summed E-state index contributed by atoms with van der Waals surface area (Å²) in [5, 5.41) is 7.40. The lowest BCUT2D eigenvalue weighted by Gasteiger charge is -2.48. The van der Waals surface area contributed by atoms with Gasteiger partial charge in [0, 0.05) is 69.4 Å². The third kappa shape index (κ3) is 7.77. The number of likely N-dealkylation sites (tertiary alicyclic amines) is 1. The average Bonchev–Trinajstić information content (AvgIpc) is 2.95. The minimum absolute atomic E-state index is 0.00570. The van der Waals surface area contributed by atoms with Crippen LogP contribution >= 0.6 is 0 Å². The van der Waals surface area contributed by atoms with E-state index in [1.807, 2.05) is 12.1 Å². The average molecular weight is 553 g/mol. The first kappa shape index (κ1) is 29.3. The molecule has 2 N–H and O–H groups in total. The summed E-state index contributed by atoms with van der Waals surface area (Å²) in [6, 6.07) is 7.10. The molecule has 0 saturated carbocycles. The summed E-state index contributed by atoms with van der Waals surface area (Å²) in [7, 11) is 0. The van der Waals surface area contributed by atoms with Crippen LogP contribution in [0.1, 0.15) is 38.7 Å². The van der Waals surface area contributed by atoms with Gasteiger partial charge in [0.15, 0.2) is 0 Å². The first-order chi connectivity index (χ1) is 19.3. The van der Waals surface area contributed by atoms with Crippen LogP contribution in [0.15, 0.2) is 71.6 Å². The normalized spacial score (nSPS) is 29.5. The lowest BCUT2D eigenvalue weighted by molar-refractivity contribution is 0.0378. The van der Waals surface area contributed by atoms with Gasteiger partial charge in [-0.25, -0.2) is 8.78 Å². The Morgan fingerprint density at radius 3 is 2.55 bits per heavy atom. The Balaban J connectivity index is 1.10. The van der Waals surface area contributed by atoms with Gasteiger partial charge in [0.05, 0.1) is 13.2 Å². The molecular formula is C33H46F2N4O. The maximum absolute atomic E-state index is 14.1. The van der Waals surface area contributed by atoms with E-state index < -0.39 is 0 Å².